The quantitative estimate of drug-likeness (QED) is 0.726. The van der Waals surface area contributed by atoms with Crippen molar-refractivity contribution in [3.63, 3.8) is 0 Å². The largest absolute Gasteiger partial charge is 0.418 e. The molecular formula is C18H20ClF3N2O. The van der Waals surface area contributed by atoms with Crippen LogP contribution in [0.3, 0.4) is 0 Å². The SMILES string of the molecule is O=C(Nc1ccc(Cl)cc1C(F)(F)F)NC1C2CC3CC(C2)CC1C3. The van der Waals surface area contributed by atoms with Gasteiger partial charge in [-0.15, -0.1) is 0 Å². The van der Waals surface area contributed by atoms with E-state index < -0.39 is 17.8 Å². The first-order chi connectivity index (χ1) is 11.8. The van der Waals surface area contributed by atoms with Crippen LogP contribution in [-0.2, 0) is 6.18 Å². The second-order valence-electron chi connectivity index (χ2n) is 7.74. The Bertz CT molecular complexity index is 663. The Labute approximate surface area is 149 Å². The third-order valence-corrected chi connectivity index (χ3v) is 6.29. The van der Waals surface area contributed by atoms with Crippen LogP contribution in [0.1, 0.15) is 37.7 Å². The molecule has 0 spiro atoms. The number of hydrogen-bond acceptors (Lipinski definition) is 1. The van der Waals surface area contributed by atoms with Gasteiger partial charge in [0.15, 0.2) is 0 Å². The summed E-state index contributed by atoms with van der Waals surface area (Å²) in [6, 6.07) is 2.89. The van der Waals surface area contributed by atoms with Crippen molar-refractivity contribution >= 4 is 23.3 Å². The van der Waals surface area contributed by atoms with E-state index in [4.69, 9.17) is 11.6 Å². The standard InChI is InChI=1S/C18H20ClF3N2O/c19-13-1-2-15(14(8-13)18(20,21)22)23-17(25)24-16-11-4-9-3-10(6-11)7-12(16)5-9/h1-2,8-12,16H,3-7H2,(H2,23,24,25). The van der Waals surface area contributed by atoms with Crippen LogP contribution in [0.5, 0.6) is 0 Å². The van der Waals surface area contributed by atoms with E-state index in [1.54, 1.807) is 0 Å². The first kappa shape index (κ1) is 17.0. The third-order valence-electron chi connectivity index (χ3n) is 6.06. The Kier molecular flexibility index (Phi) is 4.13. The fourth-order valence-corrected chi connectivity index (χ4v) is 5.50. The number of carbonyl (C=O) groups is 1. The Morgan fingerprint density at radius 3 is 2.20 bits per heavy atom. The van der Waals surface area contributed by atoms with E-state index in [1.165, 1.54) is 18.6 Å². The van der Waals surface area contributed by atoms with Crippen LogP contribution in [-0.4, -0.2) is 12.1 Å². The van der Waals surface area contributed by atoms with Crippen molar-refractivity contribution in [3.05, 3.63) is 28.8 Å². The molecule has 0 radical (unpaired) electrons. The molecule has 4 aliphatic rings. The van der Waals surface area contributed by atoms with Crippen molar-refractivity contribution in [2.75, 3.05) is 5.32 Å². The van der Waals surface area contributed by atoms with Gasteiger partial charge in [0, 0.05) is 11.1 Å². The lowest BCUT2D eigenvalue weighted by atomic mass is 9.54. The van der Waals surface area contributed by atoms with E-state index in [0.29, 0.717) is 11.8 Å². The normalized spacial score (nSPS) is 33.4. The fraction of sp³-hybridized carbons (Fsp3) is 0.611. The van der Waals surface area contributed by atoms with Gasteiger partial charge < -0.3 is 10.6 Å². The molecule has 0 aliphatic heterocycles. The van der Waals surface area contributed by atoms with Gasteiger partial charge in [-0.1, -0.05) is 11.6 Å². The van der Waals surface area contributed by atoms with Crippen molar-refractivity contribution in [2.45, 2.75) is 44.3 Å². The minimum Gasteiger partial charge on any atom is -0.335 e. The van der Waals surface area contributed by atoms with Crippen LogP contribution in [0.25, 0.3) is 0 Å². The summed E-state index contributed by atoms with van der Waals surface area (Å²) in [7, 11) is 0. The van der Waals surface area contributed by atoms with Crippen molar-refractivity contribution in [1.29, 1.82) is 0 Å². The lowest BCUT2D eigenvalue weighted by Crippen LogP contribution is -2.56. The summed E-state index contributed by atoms with van der Waals surface area (Å²) >= 11 is 5.67. The molecule has 1 aromatic rings. The van der Waals surface area contributed by atoms with Gasteiger partial charge in [0.25, 0.3) is 0 Å². The topological polar surface area (TPSA) is 41.1 Å². The average molecular weight is 373 g/mol. The average Bonchev–Trinajstić information content (AvgIpc) is 2.51. The minimum atomic E-state index is -4.57. The molecule has 4 fully saturated rings. The van der Waals surface area contributed by atoms with Crippen molar-refractivity contribution < 1.29 is 18.0 Å². The maximum absolute atomic E-state index is 13.1. The summed E-state index contributed by atoms with van der Waals surface area (Å²) in [6.45, 7) is 0. The van der Waals surface area contributed by atoms with Gasteiger partial charge >= 0.3 is 12.2 Å². The van der Waals surface area contributed by atoms with Crippen LogP contribution in [0, 0.1) is 23.7 Å². The number of urea groups is 1. The lowest BCUT2D eigenvalue weighted by molar-refractivity contribution is -0.136. The second kappa shape index (κ2) is 6.08. The highest BCUT2D eigenvalue weighted by Gasteiger charge is 2.48. The molecule has 0 heterocycles. The first-order valence-corrected chi connectivity index (χ1v) is 9.11. The molecule has 2 amide bonds. The summed E-state index contributed by atoms with van der Waals surface area (Å²) in [5.74, 6) is 2.48. The van der Waals surface area contributed by atoms with E-state index >= 15 is 0 Å². The molecular weight excluding hydrogens is 353 g/mol. The summed E-state index contributed by atoms with van der Waals surface area (Å²) < 4.78 is 39.4. The molecule has 0 saturated heterocycles. The van der Waals surface area contributed by atoms with E-state index in [1.807, 2.05) is 0 Å². The molecule has 3 nitrogen and oxygen atoms in total. The Balaban J connectivity index is 1.47. The molecule has 25 heavy (non-hydrogen) atoms. The number of anilines is 1. The van der Waals surface area contributed by atoms with Crippen LogP contribution >= 0.6 is 11.6 Å². The van der Waals surface area contributed by atoms with E-state index in [2.05, 4.69) is 10.6 Å². The number of carbonyl (C=O) groups excluding carboxylic acids is 1. The van der Waals surface area contributed by atoms with Gasteiger partial charge in [0.2, 0.25) is 0 Å². The number of amides is 2. The molecule has 0 atom stereocenters. The molecule has 0 unspecified atom stereocenters. The van der Waals surface area contributed by atoms with Crippen molar-refractivity contribution in [2.24, 2.45) is 23.7 Å². The molecule has 4 aliphatic carbocycles. The predicted molar refractivity (Wildman–Crippen MR) is 89.4 cm³/mol. The van der Waals surface area contributed by atoms with Crippen molar-refractivity contribution in [3.8, 4) is 0 Å². The van der Waals surface area contributed by atoms with E-state index in [-0.39, 0.29) is 16.8 Å². The zero-order valence-electron chi connectivity index (χ0n) is 13.6. The summed E-state index contributed by atoms with van der Waals surface area (Å²) in [5.41, 5.74) is -1.20. The maximum atomic E-state index is 13.1. The molecule has 7 heteroatoms. The first-order valence-electron chi connectivity index (χ1n) is 8.74. The predicted octanol–water partition coefficient (Wildman–Crippen LogP) is 5.31. The number of halogens is 4. The maximum Gasteiger partial charge on any atom is 0.418 e. The van der Waals surface area contributed by atoms with Crippen LogP contribution < -0.4 is 10.6 Å². The summed E-state index contributed by atoms with van der Waals surface area (Å²) in [6.07, 6.45) is 1.26. The molecule has 4 bridgehead atoms. The third kappa shape index (κ3) is 3.33. The summed E-state index contributed by atoms with van der Waals surface area (Å²) in [4.78, 5) is 12.3. The zero-order chi connectivity index (χ0) is 17.8. The zero-order valence-corrected chi connectivity index (χ0v) is 14.3. The number of nitrogens with one attached hydrogen (secondary N) is 2. The molecule has 5 rings (SSSR count). The van der Waals surface area contributed by atoms with Crippen LogP contribution in [0.2, 0.25) is 5.02 Å². The van der Waals surface area contributed by atoms with Gasteiger partial charge in [-0.2, -0.15) is 13.2 Å². The van der Waals surface area contributed by atoms with Gasteiger partial charge in [0.05, 0.1) is 11.3 Å². The number of alkyl halides is 3. The molecule has 136 valence electrons. The number of benzene rings is 1. The van der Waals surface area contributed by atoms with E-state index in [0.717, 1.165) is 43.6 Å². The van der Waals surface area contributed by atoms with Gasteiger partial charge in [-0.05, 0) is 74.0 Å². The molecule has 1 aromatic carbocycles. The highest BCUT2D eigenvalue weighted by atomic mass is 35.5. The van der Waals surface area contributed by atoms with E-state index in [9.17, 15) is 18.0 Å². The monoisotopic (exact) mass is 372 g/mol. The Morgan fingerprint density at radius 1 is 1.04 bits per heavy atom. The number of rotatable bonds is 2. The van der Waals surface area contributed by atoms with Crippen LogP contribution in [0.15, 0.2) is 18.2 Å². The van der Waals surface area contributed by atoms with Gasteiger partial charge in [0.1, 0.15) is 0 Å². The van der Waals surface area contributed by atoms with Gasteiger partial charge in [-0.3, -0.25) is 0 Å². The molecule has 4 saturated carbocycles. The minimum absolute atomic E-state index is 0.0145. The fourth-order valence-electron chi connectivity index (χ4n) is 5.33. The van der Waals surface area contributed by atoms with Gasteiger partial charge in [-0.25, -0.2) is 4.79 Å². The summed E-state index contributed by atoms with van der Waals surface area (Å²) in [5, 5.41) is 5.31. The molecule has 0 aromatic heterocycles. The highest BCUT2D eigenvalue weighted by Crippen LogP contribution is 2.53. The lowest BCUT2D eigenvalue weighted by Gasteiger charge is -2.54. The van der Waals surface area contributed by atoms with Crippen molar-refractivity contribution in [1.82, 2.24) is 5.32 Å². The Morgan fingerprint density at radius 2 is 1.64 bits per heavy atom. The molecule has 2 N–H and O–H groups in total. The second-order valence-corrected chi connectivity index (χ2v) is 8.18. The Hall–Kier alpha value is -1.43. The highest BCUT2D eigenvalue weighted by molar-refractivity contribution is 6.30. The smallest absolute Gasteiger partial charge is 0.335 e. The number of hydrogen-bond donors (Lipinski definition) is 2. The van der Waals surface area contributed by atoms with Crippen LogP contribution in [0.4, 0.5) is 23.7 Å².